The van der Waals surface area contributed by atoms with E-state index in [9.17, 15) is 13.5 Å². The molecular weight excluding hydrogens is 250 g/mol. The molecule has 5 heteroatoms. The second kappa shape index (κ2) is 6.87. The Bertz CT molecular complexity index is 443. The van der Waals surface area contributed by atoms with Gasteiger partial charge in [-0.3, -0.25) is 0 Å². The Hall–Kier alpha value is -0.910. The van der Waals surface area contributed by atoms with Gasteiger partial charge in [-0.1, -0.05) is 44.2 Å². The molecule has 0 radical (unpaired) electrons. The van der Waals surface area contributed by atoms with Crippen LogP contribution >= 0.6 is 0 Å². The van der Waals surface area contributed by atoms with E-state index < -0.39 is 16.1 Å². The first-order valence-corrected chi connectivity index (χ1v) is 7.73. The maximum atomic E-state index is 11.9. The molecule has 102 valence electrons. The molecule has 0 fully saturated rings. The number of hydrogen-bond acceptors (Lipinski definition) is 3. The summed E-state index contributed by atoms with van der Waals surface area (Å²) >= 11 is 0. The molecule has 0 aliphatic carbocycles. The molecule has 0 unspecified atom stereocenters. The number of aliphatic hydroxyl groups is 1. The van der Waals surface area contributed by atoms with Crippen LogP contribution < -0.4 is 4.72 Å². The maximum Gasteiger partial charge on any atom is 0.216 e. The van der Waals surface area contributed by atoms with Crippen molar-refractivity contribution in [1.82, 2.24) is 4.72 Å². The first-order valence-electron chi connectivity index (χ1n) is 6.07. The maximum absolute atomic E-state index is 11.9. The van der Waals surface area contributed by atoms with Crippen molar-refractivity contribution in [3.8, 4) is 0 Å². The summed E-state index contributed by atoms with van der Waals surface area (Å²) in [7, 11) is -3.40. The summed E-state index contributed by atoms with van der Waals surface area (Å²) in [4.78, 5) is 0. The normalized spacial score (nSPS) is 13.8. The largest absolute Gasteiger partial charge is 0.395 e. The second-order valence-corrected chi connectivity index (χ2v) is 6.63. The molecule has 18 heavy (non-hydrogen) atoms. The SMILES string of the molecule is CC(C)C[C@H](CO)NS(=O)(=O)Cc1ccccc1. The van der Waals surface area contributed by atoms with E-state index in [1.54, 1.807) is 12.1 Å². The van der Waals surface area contributed by atoms with Gasteiger partial charge in [0, 0.05) is 6.04 Å². The molecule has 1 rings (SSSR count). The third-order valence-corrected chi connectivity index (χ3v) is 3.93. The summed E-state index contributed by atoms with van der Waals surface area (Å²) < 4.78 is 26.4. The molecule has 0 aliphatic rings. The molecule has 0 saturated heterocycles. The molecule has 0 amide bonds. The first-order chi connectivity index (χ1) is 8.43. The Kier molecular flexibility index (Phi) is 5.78. The average Bonchev–Trinajstić information content (AvgIpc) is 2.27. The van der Waals surface area contributed by atoms with Crippen molar-refractivity contribution in [3.05, 3.63) is 35.9 Å². The Labute approximate surface area is 109 Å². The fourth-order valence-electron chi connectivity index (χ4n) is 1.82. The van der Waals surface area contributed by atoms with Crippen molar-refractivity contribution < 1.29 is 13.5 Å². The Morgan fingerprint density at radius 3 is 2.33 bits per heavy atom. The minimum atomic E-state index is -3.40. The summed E-state index contributed by atoms with van der Waals surface area (Å²) in [5, 5.41) is 9.18. The van der Waals surface area contributed by atoms with E-state index in [4.69, 9.17) is 0 Å². The van der Waals surface area contributed by atoms with Gasteiger partial charge in [0.25, 0.3) is 0 Å². The monoisotopic (exact) mass is 271 g/mol. The van der Waals surface area contributed by atoms with Gasteiger partial charge in [-0.2, -0.15) is 0 Å². The van der Waals surface area contributed by atoms with Crippen molar-refractivity contribution in [2.75, 3.05) is 6.61 Å². The Morgan fingerprint density at radius 2 is 1.83 bits per heavy atom. The van der Waals surface area contributed by atoms with E-state index in [0.717, 1.165) is 5.56 Å². The molecule has 4 nitrogen and oxygen atoms in total. The molecule has 0 heterocycles. The van der Waals surface area contributed by atoms with Crippen LogP contribution in [0.5, 0.6) is 0 Å². The Morgan fingerprint density at radius 1 is 1.22 bits per heavy atom. The van der Waals surface area contributed by atoms with Crippen LogP contribution in [0, 0.1) is 5.92 Å². The highest BCUT2D eigenvalue weighted by atomic mass is 32.2. The molecular formula is C13H21NO3S. The highest BCUT2D eigenvalue weighted by molar-refractivity contribution is 7.88. The summed E-state index contributed by atoms with van der Waals surface area (Å²) in [6.07, 6.45) is 0.629. The third-order valence-electron chi connectivity index (χ3n) is 2.52. The van der Waals surface area contributed by atoms with Gasteiger partial charge in [0.15, 0.2) is 0 Å². The molecule has 2 N–H and O–H groups in total. The Balaban J connectivity index is 2.64. The fourth-order valence-corrected chi connectivity index (χ4v) is 3.21. The summed E-state index contributed by atoms with van der Waals surface area (Å²) in [6.45, 7) is 3.81. The van der Waals surface area contributed by atoms with Gasteiger partial charge in [-0.05, 0) is 17.9 Å². The molecule has 1 atom stereocenters. The molecule has 1 aromatic carbocycles. The molecule has 0 aromatic heterocycles. The van der Waals surface area contributed by atoms with Gasteiger partial charge < -0.3 is 5.11 Å². The quantitative estimate of drug-likeness (QED) is 0.790. The van der Waals surface area contributed by atoms with Gasteiger partial charge in [-0.15, -0.1) is 0 Å². The smallest absolute Gasteiger partial charge is 0.216 e. The lowest BCUT2D eigenvalue weighted by atomic mass is 10.1. The van der Waals surface area contributed by atoms with E-state index in [1.165, 1.54) is 0 Å². The zero-order valence-electron chi connectivity index (χ0n) is 10.8. The van der Waals surface area contributed by atoms with Gasteiger partial charge >= 0.3 is 0 Å². The van der Waals surface area contributed by atoms with E-state index in [1.807, 2.05) is 32.0 Å². The number of nitrogens with one attached hydrogen (secondary N) is 1. The van der Waals surface area contributed by atoms with Crippen molar-refractivity contribution in [2.24, 2.45) is 5.92 Å². The van der Waals surface area contributed by atoms with Crippen molar-refractivity contribution in [1.29, 1.82) is 0 Å². The van der Waals surface area contributed by atoms with Crippen LogP contribution in [0.1, 0.15) is 25.8 Å². The van der Waals surface area contributed by atoms with Crippen LogP contribution in [0.25, 0.3) is 0 Å². The van der Waals surface area contributed by atoms with E-state index in [0.29, 0.717) is 12.3 Å². The van der Waals surface area contributed by atoms with Crippen LogP contribution in [-0.2, 0) is 15.8 Å². The first kappa shape index (κ1) is 15.1. The van der Waals surface area contributed by atoms with Gasteiger partial charge in [0.05, 0.1) is 12.4 Å². The van der Waals surface area contributed by atoms with Crippen molar-refractivity contribution in [2.45, 2.75) is 32.1 Å². The summed E-state index contributed by atoms with van der Waals surface area (Å²) in [5.41, 5.74) is 0.742. The minimum Gasteiger partial charge on any atom is -0.395 e. The topological polar surface area (TPSA) is 66.4 Å². The predicted octanol–water partition coefficient (Wildman–Crippen LogP) is 1.51. The van der Waals surface area contributed by atoms with E-state index in [-0.39, 0.29) is 12.4 Å². The zero-order chi connectivity index (χ0) is 13.6. The van der Waals surface area contributed by atoms with Gasteiger partial charge in [0.1, 0.15) is 0 Å². The average molecular weight is 271 g/mol. The lowest BCUT2D eigenvalue weighted by Crippen LogP contribution is -2.39. The molecule has 0 spiro atoms. The zero-order valence-corrected chi connectivity index (χ0v) is 11.7. The summed E-state index contributed by atoms with van der Waals surface area (Å²) in [5.74, 6) is 0.282. The summed E-state index contributed by atoms with van der Waals surface area (Å²) in [6, 6.07) is 8.61. The lowest BCUT2D eigenvalue weighted by Gasteiger charge is -2.18. The minimum absolute atomic E-state index is 0.0531. The van der Waals surface area contributed by atoms with Crippen LogP contribution in [0.15, 0.2) is 30.3 Å². The predicted molar refractivity (Wildman–Crippen MR) is 72.5 cm³/mol. The fraction of sp³-hybridized carbons (Fsp3) is 0.538. The van der Waals surface area contributed by atoms with E-state index >= 15 is 0 Å². The lowest BCUT2D eigenvalue weighted by molar-refractivity contribution is 0.240. The second-order valence-electron chi connectivity index (χ2n) is 4.87. The van der Waals surface area contributed by atoms with Crippen molar-refractivity contribution >= 4 is 10.0 Å². The van der Waals surface area contributed by atoms with Crippen molar-refractivity contribution in [3.63, 3.8) is 0 Å². The number of hydrogen-bond donors (Lipinski definition) is 2. The van der Waals surface area contributed by atoms with Crippen LogP contribution in [0.2, 0.25) is 0 Å². The molecule has 0 aliphatic heterocycles. The van der Waals surface area contributed by atoms with Crippen LogP contribution in [0.4, 0.5) is 0 Å². The number of benzene rings is 1. The molecule has 0 saturated carbocycles. The highest BCUT2D eigenvalue weighted by Crippen LogP contribution is 2.08. The van der Waals surface area contributed by atoms with Crippen LogP contribution in [0.3, 0.4) is 0 Å². The third kappa shape index (κ3) is 5.62. The van der Waals surface area contributed by atoms with E-state index in [2.05, 4.69) is 4.72 Å². The van der Waals surface area contributed by atoms with Gasteiger partial charge in [0.2, 0.25) is 10.0 Å². The molecule has 1 aromatic rings. The number of sulfonamides is 1. The number of aliphatic hydroxyl groups excluding tert-OH is 1. The highest BCUT2D eigenvalue weighted by Gasteiger charge is 2.18. The van der Waals surface area contributed by atoms with Gasteiger partial charge in [-0.25, -0.2) is 13.1 Å². The molecule has 0 bridgehead atoms. The standard InChI is InChI=1S/C13H21NO3S/c1-11(2)8-13(9-15)14-18(16,17)10-12-6-4-3-5-7-12/h3-7,11,13-15H,8-10H2,1-2H3/t13-/m1/s1. The number of rotatable bonds is 7. The van der Waals surface area contributed by atoms with Crippen LogP contribution in [-0.4, -0.2) is 26.2 Å².